The van der Waals surface area contributed by atoms with Crippen molar-refractivity contribution in [3.05, 3.63) is 0 Å². The third-order valence-corrected chi connectivity index (χ3v) is 20.0. The summed E-state index contributed by atoms with van der Waals surface area (Å²) in [7, 11) is -9.91. The molecule has 0 rings (SSSR count). The molecule has 564 valence electrons. The van der Waals surface area contributed by atoms with Gasteiger partial charge in [-0.2, -0.15) is 0 Å². The number of carbonyl (C=O) groups is 4. The molecule has 0 spiro atoms. The lowest BCUT2D eigenvalue weighted by molar-refractivity contribution is -0.161. The molecule has 0 aliphatic rings. The quantitative estimate of drug-likeness (QED) is 0.0222. The maximum Gasteiger partial charge on any atom is 0.472 e. The molecule has 0 bridgehead atoms. The third kappa shape index (κ3) is 69.0. The van der Waals surface area contributed by atoms with Crippen LogP contribution in [0.1, 0.15) is 395 Å². The Kier molecular flexibility index (Phi) is 66.5. The van der Waals surface area contributed by atoms with Gasteiger partial charge in [0.05, 0.1) is 26.4 Å². The summed E-state index contributed by atoms with van der Waals surface area (Å²) < 4.78 is 68.5. The Bertz CT molecular complexity index is 1840. The van der Waals surface area contributed by atoms with Gasteiger partial charge in [0, 0.05) is 25.7 Å². The SMILES string of the molecule is CCCCCCCCCCCCCCCCC(=O)O[C@H](COC(=O)CCCCCCCCCCC)COP(=O)(O)OC[C@H](O)COP(=O)(O)OC[C@@H](COC(=O)CCCCCCCCCCCCC(C)CC)OC(=O)CCCCCCCCCCCCCCCCCC(C)C. The summed E-state index contributed by atoms with van der Waals surface area (Å²) in [6.45, 7) is 9.64. The van der Waals surface area contributed by atoms with E-state index in [2.05, 4.69) is 41.5 Å². The number of ether oxygens (including phenoxy) is 4. The van der Waals surface area contributed by atoms with Gasteiger partial charge in [0.2, 0.25) is 0 Å². The van der Waals surface area contributed by atoms with Gasteiger partial charge in [0.25, 0.3) is 0 Å². The summed E-state index contributed by atoms with van der Waals surface area (Å²) in [5.74, 6) is -0.503. The molecule has 0 saturated carbocycles. The van der Waals surface area contributed by atoms with Crippen LogP contribution in [0.5, 0.6) is 0 Å². The fourth-order valence-corrected chi connectivity index (χ4v) is 13.2. The Morgan fingerprint density at radius 1 is 0.305 bits per heavy atom. The van der Waals surface area contributed by atoms with Crippen LogP contribution >= 0.6 is 15.6 Å². The number of rotatable bonds is 75. The molecule has 0 radical (unpaired) electrons. The predicted octanol–water partition coefficient (Wildman–Crippen LogP) is 22.3. The average Bonchev–Trinajstić information content (AvgIpc) is 2.13. The van der Waals surface area contributed by atoms with Gasteiger partial charge in [-0.25, -0.2) is 9.13 Å². The van der Waals surface area contributed by atoms with Gasteiger partial charge in [0.15, 0.2) is 12.2 Å². The molecule has 0 aliphatic carbocycles. The van der Waals surface area contributed by atoms with Gasteiger partial charge >= 0.3 is 39.5 Å². The zero-order chi connectivity index (χ0) is 70.0. The van der Waals surface area contributed by atoms with Crippen LogP contribution in [0.2, 0.25) is 0 Å². The second-order valence-electron chi connectivity index (χ2n) is 28.1. The molecule has 0 aromatic heterocycles. The third-order valence-electron chi connectivity index (χ3n) is 18.1. The fraction of sp³-hybridized carbons (Fsp3) is 0.947. The number of hydrogen-bond donors (Lipinski definition) is 3. The molecule has 0 heterocycles. The molecule has 0 fully saturated rings. The van der Waals surface area contributed by atoms with E-state index in [0.717, 1.165) is 102 Å². The number of esters is 4. The first-order chi connectivity index (χ1) is 45.9. The summed E-state index contributed by atoms with van der Waals surface area (Å²) in [5.41, 5.74) is 0. The summed E-state index contributed by atoms with van der Waals surface area (Å²) in [6, 6.07) is 0. The second-order valence-corrected chi connectivity index (χ2v) is 31.0. The van der Waals surface area contributed by atoms with Gasteiger partial charge in [-0.1, -0.05) is 343 Å². The van der Waals surface area contributed by atoms with Crippen molar-refractivity contribution in [3.8, 4) is 0 Å². The molecule has 0 amide bonds. The molecule has 17 nitrogen and oxygen atoms in total. The molecule has 95 heavy (non-hydrogen) atoms. The molecule has 0 aliphatic heterocycles. The molecule has 0 saturated heterocycles. The Hall–Kier alpha value is -1.94. The fourth-order valence-electron chi connectivity index (χ4n) is 11.6. The number of aliphatic hydroxyl groups is 1. The summed E-state index contributed by atoms with van der Waals surface area (Å²) >= 11 is 0. The highest BCUT2D eigenvalue weighted by molar-refractivity contribution is 7.47. The first kappa shape index (κ1) is 93.1. The monoisotopic (exact) mass is 1400 g/mol. The molecule has 0 aromatic rings. The lowest BCUT2D eigenvalue weighted by Crippen LogP contribution is -2.30. The van der Waals surface area contributed by atoms with E-state index < -0.39 is 97.5 Å². The van der Waals surface area contributed by atoms with E-state index in [-0.39, 0.29) is 25.7 Å². The Balaban J connectivity index is 5.23. The van der Waals surface area contributed by atoms with Crippen molar-refractivity contribution < 1.29 is 80.2 Å². The maximum absolute atomic E-state index is 13.1. The summed E-state index contributed by atoms with van der Waals surface area (Å²) in [5, 5.41) is 10.6. The molecule has 3 unspecified atom stereocenters. The zero-order valence-electron chi connectivity index (χ0n) is 62.0. The Labute approximate surface area is 581 Å². The minimum absolute atomic E-state index is 0.108. The number of carbonyl (C=O) groups excluding carboxylic acids is 4. The molecule has 19 heteroatoms. The first-order valence-electron chi connectivity index (χ1n) is 39.5. The number of unbranched alkanes of at least 4 members (excludes halogenated alkanes) is 44. The minimum atomic E-state index is -4.96. The van der Waals surface area contributed by atoms with E-state index in [4.69, 9.17) is 37.0 Å². The first-order valence-corrected chi connectivity index (χ1v) is 42.5. The normalized spacial score (nSPS) is 14.3. The minimum Gasteiger partial charge on any atom is -0.462 e. The Morgan fingerprint density at radius 3 is 0.800 bits per heavy atom. The van der Waals surface area contributed by atoms with E-state index in [0.29, 0.717) is 25.7 Å². The van der Waals surface area contributed by atoms with Crippen molar-refractivity contribution in [2.24, 2.45) is 11.8 Å². The van der Waals surface area contributed by atoms with Crippen LogP contribution in [-0.4, -0.2) is 96.7 Å². The van der Waals surface area contributed by atoms with Crippen LogP contribution in [0.15, 0.2) is 0 Å². The van der Waals surface area contributed by atoms with Crippen LogP contribution in [-0.2, 0) is 65.4 Å². The highest BCUT2D eigenvalue weighted by Crippen LogP contribution is 2.45. The number of aliphatic hydroxyl groups excluding tert-OH is 1. The summed E-state index contributed by atoms with van der Waals surface area (Å²) in [4.78, 5) is 72.8. The molecular weight excluding hydrogens is 1250 g/mol. The van der Waals surface area contributed by atoms with Crippen LogP contribution in [0.3, 0.4) is 0 Å². The number of phosphoric ester groups is 2. The molecular formula is C76H148O17P2. The van der Waals surface area contributed by atoms with Crippen molar-refractivity contribution in [2.45, 2.75) is 413 Å². The van der Waals surface area contributed by atoms with Crippen molar-refractivity contribution in [1.29, 1.82) is 0 Å². The van der Waals surface area contributed by atoms with Gasteiger partial charge in [-0.15, -0.1) is 0 Å². The van der Waals surface area contributed by atoms with Gasteiger partial charge < -0.3 is 33.8 Å². The van der Waals surface area contributed by atoms with Crippen LogP contribution in [0.4, 0.5) is 0 Å². The average molecular weight is 1400 g/mol. The zero-order valence-corrected chi connectivity index (χ0v) is 63.8. The molecule has 3 N–H and O–H groups in total. The van der Waals surface area contributed by atoms with Gasteiger partial charge in [0.1, 0.15) is 19.3 Å². The standard InChI is InChI=1S/C76H148O17P2/c1-7-10-12-14-16-18-19-20-25-28-36-42-48-54-60-75(80)92-71(64-86-73(78)58-52-46-40-32-17-15-13-11-8-2)66-90-94(82,83)88-62-70(77)63-89-95(84,85)91-67-72(65-87-74(79)59-53-47-41-35-31-30-34-39-45-51-57-69(6)9-3)93-76(81)61-55-49-43-37-29-26-23-21-22-24-27-33-38-44-50-56-68(4)5/h68-72,77H,7-67H2,1-6H3,(H,82,83)(H,84,85)/t69?,70-,71+,72+/m0/s1. The van der Waals surface area contributed by atoms with Crippen LogP contribution in [0, 0.1) is 11.8 Å². The second kappa shape index (κ2) is 67.9. The lowest BCUT2D eigenvalue weighted by atomic mass is 9.99. The highest BCUT2D eigenvalue weighted by Gasteiger charge is 2.30. The maximum atomic E-state index is 13.1. The van der Waals surface area contributed by atoms with Crippen LogP contribution in [0.25, 0.3) is 0 Å². The van der Waals surface area contributed by atoms with E-state index in [1.807, 2.05) is 0 Å². The largest absolute Gasteiger partial charge is 0.472 e. The van der Waals surface area contributed by atoms with E-state index in [1.54, 1.807) is 0 Å². The Morgan fingerprint density at radius 2 is 0.537 bits per heavy atom. The smallest absolute Gasteiger partial charge is 0.462 e. The molecule has 0 aromatic carbocycles. The van der Waals surface area contributed by atoms with Crippen molar-refractivity contribution in [3.63, 3.8) is 0 Å². The number of phosphoric acid groups is 2. The molecule has 6 atom stereocenters. The highest BCUT2D eigenvalue weighted by atomic mass is 31.2. The van der Waals surface area contributed by atoms with E-state index in [1.165, 1.54) is 212 Å². The van der Waals surface area contributed by atoms with Crippen molar-refractivity contribution in [1.82, 2.24) is 0 Å². The topological polar surface area (TPSA) is 237 Å². The van der Waals surface area contributed by atoms with Crippen molar-refractivity contribution in [2.75, 3.05) is 39.6 Å². The predicted molar refractivity (Wildman–Crippen MR) is 386 cm³/mol. The lowest BCUT2D eigenvalue weighted by Gasteiger charge is -2.21. The van der Waals surface area contributed by atoms with Gasteiger partial charge in [-0.3, -0.25) is 37.3 Å². The van der Waals surface area contributed by atoms with Crippen LogP contribution < -0.4 is 0 Å². The van der Waals surface area contributed by atoms with E-state index in [9.17, 15) is 43.2 Å². The number of hydrogen-bond acceptors (Lipinski definition) is 15. The van der Waals surface area contributed by atoms with E-state index >= 15 is 0 Å². The van der Waals surface area contributed by atoms with Gasteiger partial charge in [-0.05, 0) is 37.5 Å². The summed E-state index contributed by atoms with van der Waals surface area (Å²) in [6.07, 6.45) is 55.3. The van der Waals surface area contributed by atoms with Crippen molar-refractivity contribution >= 4 is 39.5 Å².